The highest BCUT2D eigenvalue weighted by Crippen LogP contribution is 2.31. The van der Waals surface area contributed by atoms with Crippen LogP contribution in [-0.2, 0) is 38.8 Å². The zero-order valence-corrected chi connectivity index (χ0v) is 22.3. The maximum absolute atomic E-state index is 14.3. The number of rotatable bonds is 12. The van der Waals surface area contributed by atoms with E-state index in [9.17, 15) is 4.39 Å². The van der Waals surface area contributed by atoms with Crippen LogP contribution >= 0.6 is 0 Å². The third-order valence-corrected chi connectivity index (χ3v) is 6.86. The normalized spacial score (nSPS) is 20.4. The molecule has 0 spiro atoms. The Morgan fingerprint density at radius 2 is 1.37 bits per heavy atom. The summed E-state index contributed by atoms with van der Waals surface area (Å²) in [5.41, 5.74) is 3.94. The van der Waals surface area contributed by atoms with E-state index in [0.29, 0.717) is 31.0 Å². The first-order valence-corrected chi connectivity index (χ1v) is 13.5. The maximum Gasteiger partial charge on any atom is 0.386 e. The van der Waals surface area contributed by atoms with Crippen molar-refractivity contribution in [2.45, 2.75) is 44.4 Å². The molecule has 1 fully saturated rings. The van der Waals surface area contributed by atoms with Gasteiger partial charge in [0.15, 0.2) is 18.4 Å². The van der Waals surface area contributed by atoms with Crippen molar-refractivity contribution in [1.29, 1.82) is 0 Å². The molecular formula is C31H31FN5O4+. The van der Waals surface area contributed by atoms with Gasteiger partial charge in [0.05, 0.1) is 26.4 Å². The standard InChI is InChI=1S/C31H30FN5O4/c32-31-36-28-25(33-20-34-28)29(37-31)35-30-27(40-18-23-14-8-3-9-15-23)26(39-17-22-12-6-2-7-13-22)24(41-30)19-38-16-21-10-4-1-5-11-21/h1-15,20,24,26-27,30H,16-19H2,(H2,33,34,35,36,37)/p+1/t24-,26-,27+,30-/m1/s1. The molecule has 3 N–H and O–H groups in total. The largest absolute Gasteiger partial charge is 0.386 e. The number of hydrogen-bond donors (Lipinski definition) is 2. The molecule has 10 heteroatoms. The smallest absolute Gasteiger partial charge is 0.374 e. The Morgan fingerprint density at radius 1 is 0.780 bits per heavy atom. The summed E-state index contributed by atoms with van der Waals surface area (Å²) < 4.78 is 39.8. The molecular weight excluding hydrogens is 525 g/mol. The van der Waals surface area contributed by atoms with Gasteiger partial charge in [0.1, 0.15) is 18.3 Å². The van der Waals surface area contributed by atoms with Crippen molar-refractivity contribution in [2.75, 3.05) is 11.9 Å². The lowest BCUT2D eigenvalue weighted by molar-refractivity contribution is -0.347. The number of benzene rings is 3. The summed E-state index contributed by atoms with van der Waals surface area (Å²) in [5, 5.41) is 3.24. The van der Waals surface area contributed by atoms with Gasteiger partial charge in [-0.2, -0.15) is 4.98 Å². The Bertz CT molecular complexity index is 1520. The topological polar surface area (TPSA) is 105 Å². The predicted molar refractivity (Wildman–Crippen MR) is 149 cm³/mol. The van der Waals surface area contributed by atoms with Crippen molar-refractivity contribution in [3.63, 3.8) is 0 Å². The fraction of sp³-hybridized carbons (Fsp3) is 0.258. The lowest BCUT2D eigenvalue weighted by Crippen LogP contribution is -2.41. The zero-order valence-electron chi connectivity index (χ0n) is 22.3. The average Bonchev–Trinajstić information content (AvgIpc) is 3.61. The summed E-state index contributed by atoms with van der Waals surface area (Å²) in [5.74, 6) is 0.250. The number of imidazole rings is 1. The van der Waals surface area contributed by atoms with Gasteiger partial charge in [-0.3, -0.25) is 4.98 Å². The van der Waals surface area contributed by atoms with Crippen molar-refractivity contribution < 1.29 is 28.3 Å². The van der Waals surface area contributed by atoms with E-state index in [4.69, 9.17) is 18.9 Å². The molecule has 0 bridgehead atoms. The van der Waals surface area contributed by atoms with Crippen molar-refractivity contribution in [3.05, 3.63) is 120 Å². The molecule has 1 aliphatic rings. The molecule has 6 rings (SSSR count). The quantitative estimate of drug-likeness (QED) is 0.219. The number of nitrogens with zero attached hydrogens (tertiary/aromatic N) is 2. The molecule has 3 heterocycles. The summed E-state index contributed by atoms with van der Waals surface area (Å²) in [6, 6.07) is 29.8. The van der Waals surface area contributed by atoms with Crippen molar-refractivity contribution in [1.82, 2.24) is 15.0 Å². The molecule has 5 aromatic rings. The molecule has 4 atom stereocenters. The van der Waals surface area contributed by atoms with E-state index in [2.05, 4.69) is 25.3 Å². The third kappa shape index (κ3) is 6.75. The van der Waals surface area contributed by atoms with Crippen molar-refractivity contribution in [2.24, 2.45) is 0 Å². The number of aromatic nitrogens is 4. The van der Waals surface area contributed by atoms with Gasteiger partial charge in [-0.1, -0.05) is 91.0 Å². The number of anilines is 1. The highest BCUT2D eigenvalue weighted by molar-refractivity contribution is 5.79. The minimum atomic E-state index is -0.866. The molecule has 2 aromatic heterocycles. The van der Waals surface area contributed by atoms with E-state index in [1.807, 2.05) is 91.0 Å². The van der Waals surface area contributed by atoms with Crippen LogP contribution < -0.4 is 10.3 Å². The molecule has 9 nitrogen and oxygen atoms in total. The van der Waals surface area contributed by atoms with Crippen LogP contribution in [0.15, 0.2) is 97.3 Å². The second-order valence-corrected chi connectivity index (χ2v) is 9.76. The van der Waals surface area contributed by atoms with Crippen LogP contribution in [0.3, 0.4) is 0 Å². The van der Waals surface area contributed by atoms with Crippen LogP contribution in [0.25, 0.3) is 11.2 Å². The second kappa shape index (κ2) is 13.0. The van der Waals surface area contributed by atoms with E-state index in [0.717, 1.165) is 16.7 Å². The Balaban J connectivity index is 1.26. The first-order valence-electron chi connectivity index (χ1n) is 13.5. The molecule has 0 unspecified atom stereocenters. The summed E-state index contributed by atoms with van der Waals surface area (Å²) >= 11 is 0. The van der Waals surface area contributed by atoms with E-state index in [-0.39, 0.29) is 12.4 Å². The lowest BCUT2D eigenvalue weighted by atomic mass is 10.1. The molecule has 210 valence electrons. The number of nitrogens with one attached hydrogen (secondary N) is 3. The van der Waals surface area contributed by atoms with Gasteiger partial charge in [0, 0.05) is 0 Å². The van der Waals surface area contributed by atoms with E-state index in [1.165, 1.54) is 0 Å². The molecule has 3 aromatic carbocycles. The second-order valence-electron chi connectivity index (χ2n) is 9.76. The predicted octanol–water partition coefficient (Wildman–Crippen LogP) is 4.44. The first-order chi connectivity index (χ1) is 20.2. The van der Waals surface area contributed by atoms with Crippen molar-refractivity contribution >= 4 is 17.0 Å². The van der Waals surface area contributed by atoms with Crippen LogP contribution in [0.5, 0.6) is 0 Å². The molecule has 0 radical (unpaired) electrons. The monoisotopic (exact) mass is 556 g/mol. The number of H-pyrrole nitrogens is 2. The Labute approximate surface area is 236 Å². The zero-order chi connectivity index (χ0) is 27.9. The van der Waals surface area contributed by atoms with Gasteiger partial charge in [0.2, 0.25) is 5.52 Å². The number of ether oxygens (including phenoxy) is 4. The van der Waals surface area contributed by atoms with Gasteiger partial charge >= 0.3 is 11.7 Å². The number of halogens is 1. The van der Waals surface area contributed by atoms with E-state index < -0.39 is 30.6 Å². The molecule has 1 saturated heterocycles. The van der Waals surface area contributed by atoms with Crippen LogP contribution in [0.4, 0.5) is 10.2 Å². The fourth-order valence-electron chi connectivity index (χ4n) is 4.85. The maximum atomic E-state index is 14.3. The van der Waals surface area contributed by atoms with Crippen LogP contribution in [0.1, 0.15) is 16.7 Å². The van der Waals surface area contributed by atoms with Gasteiger partial charge in [-0.15, -0.1) is 4.39 Å². The summed E-state index contributed by atoms with van der Waals surface area (Å²) in [7, 11) is 0. The molecule has 0 amide bonds. The number of fused-ring (bicyclic) bond motifs is 1. The van der Waals surface area contributed by atoms with Gasteiger partial charge < -0.3 is 24.3 Å². The van der Waals surface area contributed by atoms with Crippen LogP contribution in [-0.4, -0.2) is 46.1 Å². The highest BCUT2D eigenvalue weighted by Gasteiger charge is 2.47. The Hall–Kier alpha value is -4.22. The highest BCUT2D eigenvalue weighted by atomic mass is 19.1. The number of aromatic amines is 2. The fourth-order valence-corrected chi connectivity index (χ4v) is 4.85. The Morgan fingerprint density at radius 3 is 2.00 bits per heavy atom. The van der Waals surface area contributed by atoms with Gasteiger partial charge in [0.25, 0.3) is 0 Å². The van der Waals surface area contributed by atoms with Crippen LogP contribution in [0.2, 0.25) is 0 Å². The summed E-state index contributed by atoms with van der Waals surface area (Å²) in [4.78, 5) is 13.7. The first kappa shape index (κ1) is 27.0. The van der Waals surface area contributed by atoms with E-state index >= 15 is 0 Å². The van der Waals surface area contributed by atoms with Crippen LogP contribution in [0, 0.1) is 6.08 Å². The molecule has 41 heavy (non-hydrogen) atoms. The van der Waals surface area contributed by atoms with E-state index in [1.54, 1.807) is 6.33 Å². The third-order valence-electron chi connectivity index (χ3n) is 6.86. The van der Waals surface area contributed by atoms with Crippen molar-refractivity contribution in [3.8, 4) is 0 Å². The van der Waals surface area contributed by atoms with Gasteiger partial charge in [-0.05, 0) is 21.7 Å². The molecule has 0 saturated carbocycles. The van der Waals surface area contributed by atoms with Gasteiger partial charge in [-0.25, -0.2) is 4.98 Å². The summed E-state index contributed by atoms with van der Waals surface area (Å²) in [6.07, 6.45) is -1.56. The Kier molecular flexibility index (Phi) is 8.53. The average molecular weight is 557 g/mol. The minimum Gasteiger partial charge on any atom is -0.374 e. The lowest BCUT2D eigenvalue weighted by Gasteiger charge is -2.25. The number of hydrogen-bond acceptors (Lipinski definition) is 7. The summed E-state index contributed by atoms with van der Waals surface area (Å²) in [6.45, 7) is 1.39. The molecule has 0 aliphatic carbocycles. The minimum absolute atomic E-state index is 0.250. The SMILES string of the molecule is Fc1nc(N[C@@H]2O[C@H](COCc3ccccc3)[C@@H](OCc3ccccc3)[C@@H]2OCc2ccccc2)c2[nH]c[nH+]c2n1. The molecule has 1 aliphatic heterocycles.